The summed E-state index contributed by atoms with van der Waals surface area (Å²) in [4.78, 5) is 23.1. The van der Waals surface area contributed by atoms with E-state index < -0.39 is 10.0 Å². The number of anilines is 1. The third-order valence-corrected chi connectivity index (χ3v) is 8.01. The fourth-order valence-electron chi connectivity index (χ4n) is 4.51. The predicted molar refractivity (Wildman–Crippen MR) is 114 cm³/mol. The molecule has 1 atom stereocenters. The maximum absolute atomic E-state index is 13.3. The Kier molecular flexibility index (Phi) is 5.27. The second-order valence-electron chi connectivity index (χ2n) is 8.26. The molecule has 1 aliphatic carbocycles. The predicted octanol–water partition coefficient (Wildman–Crippen LogP) is 1.57. The summed E-state index contributed by atoms with van der Waals surface area (Å²) in [5, 5.41) is 2.54. The van der Waals surface area contributed by atoms with Gasteiger partial charge in [-0.25, -0.2) is 18.4 Å². The molecule has 1 N–H and O–H groups in total. The number of rotatable bonds is 4. The number of nitrogens with zero attached hydrogens (tertiary/aromatic N) is 4. The molecule has 8 nitrogen and oxygen atoms in total. The smallest absolute Gasteiger partial charge is 0.251 e. The number of aryl methyl sites for hydroxylation is 1. The molecule has 4 rings (SSSR count). The summed E-state index contributed by atoms with van der Waals surface area (Å²) in [6, 6.07) is 6.12. The molecule has 2 aromatic rings. The van der Waals surface area contributed by atoms with E-state index in [-0.39, 0.29) is 16.2 Å². The van der Waals surface area contributed by atoms with Gasteiger partial charge in [0.2, 0.25) is 16.0 Å². The summed E-state index contributed by atoms with van der Waals surface area (Å²) in [6.45, 7) is 0.908. The molecule has 1 aromatic heterocycles. The van der Waals surface area contributed by atoms with E-state index in [1.165, 1.54) is 12.1 Å². The normalized spacial score (nSPS) is 21.4. The van der Waals surface area contributed by atoms with Crippen molar-refractivity contribution >= 4 is 21.9 Å². The van der Waals surface area contributed by atoms with Gasteiger partial charge in [-0.05, 0) is 55.5 Å². The Balaban J connectivity index is 1.64. The lowest BCUT2D eigenvalue weighted by atomic mass is 9.78. The highest BCUT2D eigenvalue weighted by molar-refractivity contribution is 7.89. The fraction of sp³-hybridized carbons (Fsp3) is 0.476. The van der Waals surface area contributed by atoms with Gasteiger partial charge in [0.05, 0.1) is 10.6 Å². The SMILES string of the molecule is CNC(=O)c1ccc(S(=O)(=O)N2CCCC3(CCc4cnc(N(C)C)nc43)C2)cc1. The van der Waals surface area contributed by atoms with Crippen LogP contribution in [-0.2, 0) is 21.9 Å². The molecule has 30 heavy (non-hydrogen) atoms. The summed E-state index contributed by atoms with van der Waals surface area (Å²) in [5.41, 5.74) is 2.28. The first-order valence-corrected chi connectivity index (χ1v) is 11.6. The number of hydrogen-bond donors (Lipinski definition) is 1. The number of piperidine rings is 1. The third-order valence-electron chi connectivity index (χ3n) is 6.15. The van der Waals surface area contributed by atoms with Crippen molar-refractivity contribution < 1.29 is 13.2 Å². The van der Waals surface area contributed by atoms with Crippen molar-refractivity contribution in [2.45, 2.75) is 36.0 Å². The van der Waals surface area contributed by atoms with Crippen LogP contribution in [0.1, 0.15) is 40.9 Å². The molecule has 1 aliphatic heterocycles. The number of nitrogens with one attached hydrogen (secondary N) is 1. The molecule has 160 valence electrons. The number of benzene rings is 1. The average molecular weight is 430 g/mol. The first-order valence-electron chi connectivity index (χ1n) is 10.1. The highest BCUT2D eigenvalue weighted by Crippen LogP contribution is 2.45. The number of fused-ring (bicyclic) bond motifs is 2. The topological polar surface area (TPSA) is 95.5 Å². The van der Waals surface area contributed by atoms with Crippen LogP contribution in [0.25, 0.3) is 0 Å². The van der Waals surface area contributed by atoms with Gasteiger partial charge >= 0.3 is 0 Å². The molecule has 1 fully saturated rings. The fourth-order valence-corrected chi connectivity index (χ4v) is 6.08. The minimum atomic E-state index is -3.66. The second kappa shape index (κ2) is 7.63. The number of amides is 1. The molecule has 0 radical (unpaired) electrons. The molecule has 2 aliphatic rings. The van der Waals surface area contributed by atoms with Crippen molar-refractivity contribution in [1.82, 2.24) is 19.6 Å². The Morgan fingerprint density at radius 2 is 1.93 bits per heavy atom. The van der Waals surface area contributed by atoms with Gasteiger partial charge in [0.15, 0.2) is 0 Å². The van der Waals surface area contributed by atoms with E-state index in [4.69, 9.17) is 4.98 Å². The maximum Gasteiger partial charge on any atom is 0.251 e. The number of hydrogen-bond acceptors (Lipinski definition) is 6. The number of sulfonamides is 1. The van der Waals surface area contributed by atoms with E-state index in [1.807, 2.05) is 25.2 Å². The van der Waals surface area contributed by atoms with Crippen LogP contribution < -0.4 is 10.2 Å². The molecular formula is C21H27N5O3S. The summed E-state index contributed by atoms with van der Waals surface area (Å²) >= 11 is 0. The van der Waals surface area contributed by atoms with E-state index in [1.54, 1.807) is 23.5 Å². The largest absolute Gasteiger partial charge is 0.355 e. The Labute approximate surface area is 177 Å². The van der Waals surface area contributed by atoms with Crippen molar-refractivity contribution in [3.8, 4) is 0 Å². The Morgan fingerprint density at radius 3 is 2.60 bits per heavy atom. The van der Waals surface area contributed by atoms with Gasteiger partial charge in [-0.1, -0.05) is 0 Å². The van der Waals surface area contributed by atoms with Crippen molar-refractivity contribution in [3.05, 3.63) is 47.3 Å². The first kappa shape index (κ1) is 20.7. The number of aromatic nitrogens is 2. The molecule has 1 unspecified atom stereocenters. The van der Waals surface area contributed by atoms with E-state index in [0.29, 0.717) is 24.6 Å². The van der Waals surface area contributed by atoms with E-state index in [9.17, 15) is 13.2 Å². The van der Waals surface area contributed by atoms with Crippen LogP contribution in [0.15, 0.2) is 35.4 Å². The van der Waals surface area contributed by atoms with Crippen LogP contribution in [-0.4, -0.2) is 62.8 Å². The molecule has 1 saturated heterocycles. The Hall–Kier alpha value is -2.52. The monoisotopic (exact) mass is 429 g/mol. The molecule has 1 amide bonds. The lowest BCUT2D eigenvalue weighted by Crippen LogP contribution is -2.47. The zero-order valence-corrected chi connectivity index (χ0v) is 18.4. The van der Waals surface area contributed by atoms with Gasteiger partial charge in [0, 0.05) is 51.4 Å². The third kappa shape index (κ3) is 3.45. The molecular weight excluding hydrogens is 402 g/mol. The van der Waals surface area contributed by atoms with Crippen LogP contribution in [0.4, 0.5) is 5.95 Å². The number of carbonyl (C=O) groups excluding carboxylic acids is 1. The zero-order valence-electron chi connectivity index (χ0n) is 17.6. The van der Waals surface area contributed by atoms with Crippen molar-refractivity contribution in [1.29, 1.82) is 0 Å². The van der Waals surface area contributed by atoms with Gasteiger partial charge in [-0.2, -0.15) is 4.31 Å². The molecule has 0 bridgehead atoms. The minimum absolute atomic E-state index is 0.210. The van der Waals surface area contributed by atoms with Gasteiger partial charge in [-0.15, -0.1) is 0 Å². The van der Waals surface area contributed by atoms with Crippen LogP contribution in [0.3, 0.4) is 0 Å². The van der Waals surface area contributed by atoms with Crippen LogP contribution in [0.2, 0.25) is 0 Å². The zero-order chi connectivity index (χ0) is 21.5. The minimum Gasteiger partial charge on any atom is -0.355 e. The molecule has 0 saturated carbocycles. The summed E-state index contributed by atoms with van der Waals surface area (Å²) in [5.74, 6) is 0.412. The van der Waals surface area contributed by atoms with Crippen molar-refractivity contribution in [2.75, 3.05) is 39.1 Å². The summed E-state index contributed by atoms with van der Waals surface area (Å²) < 4.78 is 28.3. The highest BCUT2D eigenvalue weighted by Gasteiger charge is 2.46. The van der Waals surface area contributed by atoms with E-state index in [0.717, 1.165) is 36.9 Å². The highest BCUT2D eigenvalue weighted by atomic mass is 32.2. The molecule has 2 heterocycles. The average Bonchev–Trinajstić information content (AvgIpc) is 3.10. The first-order chi connectivity index (χ1) is 14.3. The Morgan fingerprint density at radius 1 is 1.20 bits per heavy atom. The maximum atomic E-state index is 13.3. The van der Waals surface area contributed by atoms with Crippen molar-refractivity contribution in [3.63, 3.8) is 0 Å². The molecule has 1 spiro atoms. The Bertz CT molecular complexity index is 1060. The van der Waals surface area contributed by atoms with Gasteiger partial charge in [0.25, 0.3) is 5.91 Å². The quantitative estimate of drug-likeness (QED) is 0.793. The standard InChI is InChI=1S/C21H27N5O3S/c1-22-19(27)15-5-7-17(8-6-15)30(28,29)26-12-4-10-21(14-26)11-9-16-13-23-20(25(2)3)24-18(16)21/h5-8,13H,4,9-12,14H2,1-3H3,(H,22,27). The van der Waals surface area contributed by atoms with Crippen molar-refractivity contribution in [2.24, 2.45) is 0 Å². The van der Waals surface area contributed by atoms with Gasteiger partial charge in [-0.3, -0.25) is 4.79 Å². The van der Waals surface area contributed by atoms with Gasteiger partial charge in [0.1, 0.15) is 0 Å². The number of carbonyl (C=O) groups is 1. The lowest BCUT2D eigenvalue weighted by Gasteiger charge is -2.39. The second-order valence-corrected chi connectivity index (χ2v) is 10.2. The lowest BCUT2D eigenvalue weighted by molar-refractivity contribution is 0.0963. The van der Waals surface area contributed by atoms with Crippen LogP contribution in [0, 0.1) is 0 Å². The van der Waals surface area contributed by atoms with E-state index in [2.05, 4.69) is 10.3 Å². The summed E-state index contributed by atoms with van der Waals surface area (Å²) in [6.07, 6.45) is 5.35. The van der Waals surface area contributed by atoms with Crippen LogP contribution in [0.5, 0.6) is 0 Å². The molecule has 9 heteroatoms. The van der Waals surface area contributed by atoms with Crippen LogP contribution >= 0.6 is 0 Å². The van der Waals surface area contributed by atoms with E-state index >= 15 is 0 Å². The molecule has 1 aromatic carbocycles. The van der Waals surface area contributed by atoms with Gasteiger partial charge < -0.3 is 10.2 Å². The summed E-state index contributed by atoms with van der Waals surface area (Å²) in [7, 11) is 1.70.